The molecule has 184 valence electrons. The molecule has 1 aliphatic heterocycles. The number of rotatable bonds is 9. The number of benzene rings is 2. The summed E-state index contributed by atoms with van der Waals surface area (Å²) in [5.41, 5.74) is 1.97. The minimum Gasteiger partial charge on any atom is -0.489 e. The normalized spacial score (nSPS) is 16.7. The summed E-state index contributed by atoms with van der Waals surface area (Å²) >= 11 is 0. The Kier molecular flexibility index (Phi) is 7.80. The van der Waals surface area contributed by atoms with E-state index in [0.29, 0.717) is 32.5 Å². The average molecular weight is 478 g/mol. The van der Waals surface area contributed by atoms with Crippen molar-refractivity contribution in [2.45, 2.75) is 58.2 Å². The van der Waals surface area contributed by atoms with Gasteiger partial charge in [-0.05, 0) is 43.0 Å². The quantitative estimate of drug-likeness (QED) is 0.406. The molecule has 0 spiro atoms. The van der Waals surface area contributed by atoms with Crippen LogP contribution in [0.1, 0.15) is 50.2 Å². The van der Waals surface area contributed by atoms with Crippen LogP contribution in [0.2, 0.25) is 0 Å². The Morgan fingerprint density at radius 3 is 2.26 bits per heavy atom. The molecule has 1 aliphatic carbocycles. The molecular weight excluding hydrogens is 446 g/mol. The van der Waals surface area contributed by atoms with Crippen molar-refractivity contribution in [1.82, 2.24) is 14.7 Å². The third kappa shape index (κ3) is 5.70. The van der Waals surface area contributed by atoms with Gasteiger partial charge in [-0.2, -0.15) is 0 Å². The summed E-state index contributed by atoms with van der Waals surface area (Å²) in [5, 5.41) is 0. The Balaban J connectivity index is 1.34. The van der Waals surface area contributed by atoms with Crippen LogP contribution in [0, 0.1) is 0 Å². The minimum atomic E-state index is -0.912. The van der Waals surface area contributed by atoms with E-state index in [9.17, 15) is 19.2 Å². The fraction of sp³-hybridized carbons (Fsp3) is 0.407. The number of imide groups is 2. The summed E-state index contributed by atoms with van der Waals surface area (Å²) in [6.07, 6.45) is 4.33. The maximum Gasteiger partial charge on any atom is 0.334 e. The third-order valence-corrected chi connectivity index (χ3v) is 6.60. The summed E-state index contributed by atoms with van der Waals surface area (Å²) in [6.45, 7) is 2.60. The van der Waals surface area contributed by atoms with E-state index in [1.807, 2.05) is 61.5 Å². The highest BCUT2D eigenvalue weighted by molar-refractivity contribution is 6.45. The van der Waals surface area contributed by atoms with Gasteiger partial charge in [0.25, 0.3) is 0 Å². The molecule has 0 unspecified atom stereocenters. The maximum absolute atomic E-state index is 13.0. The Hall–Kier alpha value is -3.68. The summed E-state index contributed by atoms with van der Waals surface area (Å²) in [4.78, 5) is 54.2. The SMILES string of the molecule is CCN(Cc1ccc(OCc2ccccc2)cc1)C(=O)CN1C(=O)C(=O)N(C2CCCCC2)C1=O. The number of amides is 5. The van der Waals surface area contributed by atoms with Crippen molar-refractivity contribution in [3.05, 3.63) is 65.7 Å². The van der Waals surface area contributed by atoms with E-state index in [2.05, 4.69) is 0 Å². The number of likely N-dealkylation sites (N-methyl/N-ethyl adjacent to an activating group) is 1. The van der Waals surface area contributed by atoms with E-state index < -0.39 is 24.4 Å². The van der Waals surface area contributed by atoms with Gasteiger partial charge in [0.1, 0.15) is 18.9 Å². The van der Waals surface area contributed by atoms with Gasteiger partial charge in [-0.1, -0.05) is 61.7 Å². The van der Waals surface area contributed by atoms with Crippen LogP contribution in [0.25, 0.3) is 0 Å². The van der Waals surface area contributed by atoms with Gasteiger partial charge < -0.3 is 9.64 Å². The van der Waals surface area contributed by atoms with Crippen LogP contribution in [0.4, 0.5) is 4.79 Å². The van der Waals surface area contributed by atoms with E-state index in [1.165, 1.54) is 0 Å². The van der Waals surface area contributed by atoms with Crippen LogP contribution in [0.5, 0.6) is 5.75 Å². The molecule has 8 nitrogen and oxygen atoms in total. The van der Waals surface area contributed by atoms with Crippen LogP contribution in [-0.4, -0.2) is 57.6 Å². The first-order valence-electron chi connectivity index (χ1n) is 12.2. The Morgan fingerprint density at radius 2 is 1.60 bits per heavy atom. The molecule has 35 heavy (non-hydrogen) atoms. The lowest BCUT2D eigenvalue weighted by Crippen LogP contribution is -2.45. The van der Waals surface area contributed by atoms with Crippen LogP contribution < -0.4 is 4.74 Å². The lowest BCUT2D eigenvalue weighted by molar-refractivity contribution is -0.145. The van der Waals surface area contributed by atoms with Gasteiger partial charge in [0, 0.05) is 19.1 Å². The summed E-state index contributed by atoms with van der Waals surface area (Å²) < 4.78 is 5.81. The first-order chi connectivity index (χ1) is 17.0. The van der Waals surface area contributed by atoms with Crippen molar-refractivity contribution < 1.29 is 23.9 Å². The Bertz CT molecular complexity index is 1060. The van der Waals surface area contributed by atoms with E-state index >= 15 is 0 Å². The van der Waals surface area contributed by atoms with Crippen LogP contribution in [0.15, 0.2) is 54.6 Å². The highest BCUT2D eigenvalue weighted by Crippen LogP contribution is 2.27. The van der Waals surface area contributed by atoms with E-state index in [0.717, 1.165) is 45.9 Å². The first kappa shape index (κ1) is 24.4. The maximum atomic E-state index is 13.0. The molecule has 1 saturated heterocycles. The second-order valence-corrected chi connectivity index (χ2v) is 8.97. The topological polar surface area (TPSA) is 87.2 Å². The van der Waals surface area contributed by atoms with Gasteiger partial charge in [0.2, 0.25) is 5.91 Å². The summed E-state index contributed by atoms with van der Waals surface area (Å²) in [7, 11) is 0. The van der Waals surface area contributed by atoms with Crippen molar-refractivity contribution in [1.29, 1.82) is 0 Å². The van der Waals surface area contributed by atoms with Gasteiger partial charge in [0.15, 0.2) is 0 Å². The number of carbonyl (C=O) groups is 4. The lowest BCUT2D eigenvalue weighted by Gasteiger charge is -2.29. The fourth-order valence-corrected chi connectivity index (χ4v) is 4.59. The predicted molar refractivity (Wildman–Crippen MR) is 129 cm³/mol. The average Bonchev–Trinajstić information content (AvgIpc) is 3.10. The number of hydrogen-bond donors (Lipinski definition) is 0. The van der Waals surface area contributed by atoms with Gasteiger partial charge in [0.05, 0.1) is 0 Å². The molecule has 0 atom stereocenters. The number of hydrogen-bond acceptors (Lipinski definition) is 5. The third-order valence-electron chi connectivity index (χ3n) is 6.60. The van der Waals surface area contributed by atoms with E-state index in [4.69, 9.17) is 4.74 Å². The van der Waals surface area contributed by atoms with E-state index in [-0.39, 0.29) is 11.9 Å². The second kappa shape index (κ2) is 11.2. The first-order valence-corrected chi connectivity index (χ1v) is 12.2. The molecule has 2 aliphatic rings. The highest BCUT2D eigenvalue weighted by atomic mass is 16.5. The molecule has 8 heteroatoms. The molecule has 2 aromatic carbocycles. The Labute approximate surface area is 205 Å². The number of ether oxygens (including phenoxy) is 1. The van der Waals surface area contributed by atoms with Crippen LogP contribution in [0.3, 0.4) is 0 Å². The zero-order valence-electron chi connectivity index (χ0n) is 20.0. The van der Waals surface area contributed by atoms with Crippen molar-refractivity contribution >= 4 is 23.8 Å². The lowest BCUT2D eigenvalue weighted by atomic mass is 9.94. The van der Waals surface area contributed by atoms with Gasteiger partial charge in [-0.3, -0.25) is 19.3 Å². The molecule has 0 radical (unpaired) electrons. The molecule has 1 saturated carbocycles. The number of carbonyl (C=O) groups excluding carboxylic acids is 4. The van der Waals surface area contributed by atoms with Crippen molar-refractivity contribution in [2.75, 3.05) is 13.1 Å². The second-order valence-electron chi connectivity index (χ2n) is 8.97. The molecule has 5 amide bonds. The van der Waals surface area contributed by atoms with Gasteiger partial charge in [-0.15, -0.1) is 0 Å². The van der Waals surface area contributed by atoms with Crippen LogP contribution in [-0.2, 0) is 27.5 Å². The zero-order valence-corrected chi connectivity index (χ0v) is 20.0. The van der Waals surface area contributed by atoms with Gasteiger partial charge >= 0.3 is 17.8 Å². The van der Waals surface area contributed by atoms with E-state index in [1.54, 1.807) is 4.90 Å². The van der Waals surface area contributed by atoms with Crippen molar-refractivity contribution in [3.8, 4) is 5.75 Å². The predicted octanol–water partition coefficient (Wildman–Crippen LogP) is 3.74. The largest absolute Gasteiger partial charge is 0.489 e. The molecule has 2 fully saturated rings. The molecule has 1 heterocycles. The Morgan fingerprint density at radius 1 is 0.914 bits per heavy atom. The molecule has 0 aromatic heterocycles. The number of nitrogens with zero attached hydrogens (tertiary/aromatic N) is 3. The van der Waals surface area contributed by atoms with Gasteiger partial charge in [-0.25, -0.2) is 9.69 Å². The molecule has 4 rings (SSSR count). The minimum absolute atomic E-state index is 0.252. The molecule has 0 N–H and O–H groups in total. The highest BCUT2D eigenvalue weighted by Gasteiger charge is 2.48. The summed E-state index contributed by atoms with van der Waals surface area (Å²) in [6, 6.07) is 16.4. The molecule has 2 aromatic rings. The standard InChI is InChI=1S/C27H31N3O5/c1-2-28(17-20-13-15-23(16-14-20)35-19-21-9-5-3-6-10-21)24(31)18-29-25(32)26(33)30(27(29)34)22-11-7-4-8-12-22/h3,5-6,9-10,13-16,22H,2,4,7-8,11-12,17-19H2,1H3. The van der Waals surface area contributed by atoms with Crippen molar-refractivity contribution in [2.24, 2.45) is 0 Å². The van der Waals surface area contributed by atoms with Crippen molar-refractivity contribution in [3.63, 3.8) is 0 Å². The molecular formula is C27H31N3O5. The summed E-state index contributed by atoms with van der Waals surface area (Å²) in [5.74, 6) is -1.38. The monoisotopic (exact) mass is 477 g/mol. The fourth-order valence-electron chi connectivity index (χ4n) is 4.59. The number of urea groups is 1. The zero-order chi connectivity index (χ0) is 24.8. The smallest absolute Gasteiger partial charge is 0.334 e. The van der Waals surface area contributed by atoms with Crippen LogP contribution >= 0.6 is 0 Å². The molecule has 0 bridgehead atoms.